The fraction of sp³-hybridized carbons (Fsp3) is 0.467. The molecular formula is C30H32ClN5O2S. The maximum atomic E-state index is 13.3. The average Bonchev–Trinajstić information content (AvgIpc) is 3.39. The lowest BCUT2D eigenvalue weighted by molar-refractivity contribution is -0.141. The molecule has 7 nitrogen and oxygen atoms in total. The number of halogens is 1. The highest BCUT2D eigenvalue weighted by Gasteiger charge is 2.39. The number of carbonyl (C=O) groups excluding carboxylic acids is 1. The number of rotatable bonds is 3. The van der Waals surface area contributed by atoms with E-state index in [1.807, 2.05) is 36.1 Å². The number of likely N-dealkylation sites (tertiary alicyclic amines) is 1. The fourth-order valence-electron chi connectivity index (χ4n) is 5.61. The molecule has 39 heavy (non-hydrogen) atoms. The number of aliphatic imine (C=N–C) groups is 1. The minimum atomic E-state index is -0.455. The Bertz CT molecular complexity index is 1510. The molecular weight excluding hydrogens is 530 g/mol. The lowest BCUT2D eigenvalue weighted by Gasteiger charge is -2.46. The summed E-state index contributed by atoms with van der Waals surface area (Å²) in [6.45, 7) is 11.5. The largest absolute Gasteiger partial charge is 0.381 e. The minimum absolute atomic E-state index is 0.0933. The van der Waals surface area contributed by atoms with Gasteiger partial charge in [-0.3, -0.25) is 14.4 Å². The third-order valence-electron chi connectivity index (χ3n) is 7.69. The molecule has 3 aliphatic heterocycles. The molecule has 0 unspecified atom stereocenters. The van der Waals surface area contributed by atoms with Gasteiger partial charge in [0.15, 0.2) is 5.82 Å². The van der Waals surface area contributed by atoms with Crippen LogP contribution in [0.1, 0.15) is 72.4 Å². The van der Waals surface area contributed by atoms with Gasteiger partial charge in [-0.1, -0.05) is 49.4 Å². The van der Waals surface area contributed by atoms with Gasteiger partial charge in [-0.25, -0.2) is 0 Å². The first kappa shape index (κ1) is 26.2. The molecule has 0 saturated carbocycles. The number of aromatic nitrogens is 3. The van der Waals surface area contributed by atoms with Crippen molar-refractivity contribution in [2.75, 3.05) is 26.3 Å². The molecule has 2 saturated heterocycles. The summed E-state index contributed by atoms with van der Waals surface area (Å²) < 4.78 is 7.59. The number of amides is 1. The molecule has 5 heterocycles. The number of nitrogens with zero attached hydrogens (tertiary/aromatic N) is 5. The van der Waals surface area contributed by atoms with Crippen molar-refractivity contribution in [3.63, 3.8) is 0 Å². The van der Waals surface area contributed by atoms with E-state index in [0.717, 1.165) is 77.2 Å². The Balaban J connectivity index is 1.46. The van der Waals surface area contributed by atoms with Crippen LogP contribution < -0.4 is 0 Å². The lowest BCUT2D eigenvalue weighted by Crippen LogP contribution is -2.55. The second-order valence-corrected chi connectivity index (χ2v) is 12.9. The monoisotopic (exact) mass is 561 g/mol. The summed E-state index contributed by atoms with van der Waals surface area (Å²) in [5.41, 5.74) is 4.05. The van der Waals surface area contributed by atoms with E-state index >= 15 is 0 Å². The van der Waals surface area contributed by atoms with Gasteiger partial charge >= 0.3 is 0 Å². The predicted octanol–water partition coefficient (Wildman–Crippen LogP) is 5.53. The first-order chi connectivity index (χ1) is 18.7. The van der Waals surface area contributed by atoms with Crippen molar-refractivity contribution in [1.29, 1.82) is 0 Å². The molecule has 0 radical (unpaired) electrons. The topological polar surface area (TPSA) is 72.6 Å². The number of hydrogen-bond acceptors (Lipinski definition) is 6. The van der Waals surface area contributed by atoms with Gasteiger partial charge in [0.25, 0.3) is 0 Å². The molecule has 9 heteroatoms. The highest BCUT2D eigenvalue weighted by atomic mass is 35.5. The summed E-state index contributed by atoms with van der Waals surface area (Å²) in [5.74, 6) is 8.88. The zero-order valence-corrected chi connectivity index (χ0v) is 24.3. The van der Waals surface area contributed by atoms with Crippen LogP contribution in [0.3, 0.4) is 0 Å². The van der Waals surface area contributed by atoms with Crippen molar-refractivity contribution in [3.8, 4) is 16.8 Å². The fourth-order valence-corrected chi connectivity index (χ4v) is 6.96. The predicted molar refractivity (Wildman–Crippen MR) is 154 cm³/mol. The first-order valence-electron chi connectivity index (χ1n) is 13.5. The Morgan fingerprint density at radius 3 is 2.56 bits per heavy atom. The van der Waals surface area contributed by atoms with Crippen LogP contribution in [0.15, 0.2) is 29.3 Å². The highest BCUT2D eigenvalue weighted by Crippen LogP contribution is 2.40. The second kappa shape index (κ2) is 10.2. The number of thiophene rings is 1. The molecule has 1 amide bonds. The van der Waals surface area contributed by atoms with Crippen LogP contribution in [0.25, 0.3) is 5.00 Å². The number of aryl methyl sites for hydroxylation is 1. The smallest absolute Gasteiger partial charge is 0.225 e. The molecule has 3 aromatic rings. The van der Waals surface area contributed by atoms with Crippen LogP contribution in [0.2, 0.25) is 5.02 Å². The van der Waals surface area contributed by atoms with Gasteiger partial charge in [0.1, 0.15) is 16.9 Å². The summed E-state index contributed by atoms with van der Waals surface area (Å²) in [5, 5.41) is 10.6. The molecule has 1 atom stereocenters. The van der Waals surface area contributed by atoms with E-state index in [0.29, 0.717) is 16.8 Å². The molecule has 0 bridgehead atoms. The van der Waals surface area contributed by atoms with E-state index in [2.05, 4.69) is 47.4 Å². The maximum absolute atomic E-state index is 13.3. The summed E-state index contributed by atoms with van der Waals surface area (Å²) in [7, 11) is 0. The molecule has 0 aliphatic carbocycles. The van der Waals surface area contributed by atoms with E-state index < -0.39 is 6.04 Å². The lowest BCUT2D eigenvalue weighted by atomic mass is 9.84. The molecule has 0 spiro atoms. The summed E-state index contributed by atoms with van der Waals surface area (Å²) in [6.07, 6.45) is 2.18. The molecule has 0 N–H and O–H groups in total. The standard InChI is InChI=1S/C30H32ClN5O2S/c1-18-24(10-5-20-11-13-38-14-12-20)39-29-26(18)27(21-6-8-22(31)9-7-21)32-23(28-34-33-19(2)36(28)29)15-25(37)35-16-30(3,4)17-35/h6-9,20,23H,11-17H2,1-4H3/t23-/m0/s1. The molecule has 202 valence electrons. The zero-order chi connectivity index (χ0) is 27.3. The van der Waals surface area contributed by atoms with E-state index in [9.17, 15) is 4.79 Å². The van der Waals surface area contributed by atoms with Gasteiger partial charge in [-0.15, -0.1) is 21.5 Å². The van der Waals surface area contributed by atoms with Crippen LogP contribution in [-0.2, 0) is 9.53 Å². The van der Waals surface area contributed by atoms with Crippen molar-refractivity contribution in [2.24, 2.45) is 16.3 Å². The third kappa shape index (κ3) is 5.04. The number of hydrogen-bond donors (Lipinski definition) is 0. The quantitative estimate of drug-likeness (QED) is 0.394. The Hall–Kier alpha value is -2.99. The second-order valence-electron chi connectivity index (χ2n) is 11.5. The molecule has 3 aliphatic rings. The summed E-state index contributed by atoms with van der Waals surface area (Å²) in [6, 6.07) is 7.29. The van der Waals surface area contributed by atoms with E-state index in [1.54, 1.807) is 11.3 Å². The SMILES string of the molecule is Cc1c(C#CC2CCOCC2)sc2c1C(c1ccc(Cl)cc1)=N[C@@H](CC(=O)N1CC(C)(C)C1)c1nnc(C)n1-2. The van der Waals surface area contributed by atoms with Gasteiger partial charge in [0.2, 0.25) is 5.91 Å². The Morgan fingerprint density at radius 1 is 1.15 bits per heavy atom. The van der Waals surface area contributed by atoms with Gasteiger partial charge < -0.3 is 9.64 Å². The Kier molecular flexibility index (Phi) is 6.86. The molecule has 2 aromatic heterocycles. The van der Waals surface area contributed by atoms with Gasteiger partial charge in [-0.05, 0) is 49.8 Å². The van der Waals surface area contributed by atoms with Crippen molar-refractivity contribution < 1.29 is 9.53 Å². The minimum Gasteiger partial charge on any atom is -0.381 e. The maximum Gasteiger partial charge on any atom is 0.225 e. The number of carbonyl (C=O) groups is 1. The normalized spacial score (nSPS) is 20.2. The number of ether oxygens (including phenoxy) is 1. The Morgan fingerprint density at radius 2 is 1.87 bits per heavy atom. The zero-order valence-electron chi connectivity index (χ0n) is 22.8. The molecule has 2 fully saturated rings. The molecule has 1 aromatic carbocycles. The van der Waals surface area contributed by atoms with Crippen molar-refractivity contribution in [3.05, 3.63) is 62.5 Å². The van der Waals surface area contributed by atoms with E-state index in [1.165, 1.54) is 0 Å². The molecule has 6 rings (SSSR count). The number of fused-ring (bicyclic) bond motifs is 3. The van der Waals surface area contributed by atoms with Crippen molar-refractivity contribution in [2.45, 2.75) is 53.0 Å². The first-order valence-corrected chi connectivity index (χ1v) is 14.7. The van der Waals surface area contributed by atoms with Crippen LogP contribution >= 0.6 is 22.9 Å². The van der Waals surface area contributed by atoms with Gasteiger partial charge in [0.05, 0.1) is 17.0 Å². The average molecular weight is 562 g/mol. The summed E-state index contributed by atoms with van der Waals surface area (Å²) in [4.78, 5) is 21.5. The number of benzene rings is 1. The Labute approximate surface area is 238 Å². The van der Waals surface area contributed by atoms with Crippen molar-refractivity contribution >= 4 is 34.6 Å². The van der Waals surface area contributed by atoms with Gasteiger partial charge in [0, 0.05) is 48.4 Å². The van der Waals surface area contributed by atoms with Gasteiger partial charge in [-0.2, -0.15) is 0 Å². The van der Waals surface area contributed by atoms with Crippen LogP contribution in [0.5, 0.6) is 0 Å². The highest BCUT2D eigenvalue weighted by molar-refractivity contribution is 7.15. The summed E-state index contributed by atoms with van der Waals surface area (Å²) >= 11 is 7.90. The van der Waals surface area contributed by atoms with E-state index in [4.69, 9.17) is 21.3 Å². The van der Waals surface area contributed by atoms with Crippen LogP contribution in [0, 0.1) is 37.0 Å². The van der Waals surface area contributed by atoms with Crippen LogP contribution in [0.4, 0.5) is 0 Å². The third-order valence-corrected chi connectivity index (χ3v) is 9.13. The van der Waals surface area contributed by atoms with E-state index in [-0.39, 0.29) is 17.7 Å². The van der Waals surface area contributed by atoms with Crippen molar-refractivity contribution in [1.82, 2.24) is 19.7 Å². The van der Waals surface area contributed by atoms with Crippen LogP contribution in [-0.4, -0.2) is 57.6 Å².